The van der Waals surface area contributed by atoms with Crippen LogP contribution in [0.3, 0.4) is 0 Å². The van der Waals surface area contributed by atoms with Crippen molar-refractivity contribution in [3.63, 3.8) is 0 Å². The molecule has 0 saturated carbocycles. The van der Waals surface area contributed by atoms with E-state index in [1.54, 1.807) is 0 Å². The van der Waals surface area contributed by atoms with E-state index in [4.69, 9.17) is 5.11 Å². The van der Waals surface area contributed by atoms with Gasteiger partial charge in [-0.3, -0.25) is 4.79 Å². The highest BCUT2D eigenvalue weighted by Crippen LogP contribution is 2.19. The normalized spacial score (nSPS) is 14.0. The lowest BCUT2D eigenvalue weighted by Crippen LogP contribution is -2.10. The summed E-state index contributed by atoms with van der Waals surface area (Å²) in [4.78, 5) is 10.4. The van der Waals surface area contributed by atoms with Crippen molar-refractivity contribution in [2.24, 2.45) is 5.92 Å². The zero-order chi connectivity index (χ0) is 16.6. The fraction of sp³-hybridized carbons (Fsp3) is 0.944. The average Bonchev–Trinajstić information content (AvgIpc) is 2.48. The summed E-state index contributed by atoms with van der Waals surface area (Å²) in [5, 5.41) is 27.8. The maximum Gasteiger partial charge on any atom is 0.303 e. The molecular formula is C18H36O4. The summed E-state index contributed by atoms with van der Waals surface area (Å²) in [5.74, 6) is -0.381. The van der Waals surface area contributed by atoms with Gasteiger partial charge in [0.15, 0.2) is 0 Å². The molecule has 0 rings (SSSR count). The first-order chi connectivity index (χ1) is 10.6. The van der Waals surface area contributed by atoms with Crippen LogP contribution < -0.4 is 0 Å². The summed E-state index contributed by atoms with van der Waals surface area (Å²) in [6, 6.07) is 0. The molecule has 0 radical (unpaired) electrons. The SMILES string of the molecule is CCCCC[C@H](O)CCC[C@@H](CO)CCCCCCC(=O)O. The van der Waals surface area contributed by atoms with Crippen molar-refractivity contribution in [1.29, 1.82) is 0 Å². The summed E-state index contributed by atoms with van der Waals surface area (Å²) < 4.78 is 0. The molecule has 0 amide bonds. The van der Waals surface area contributed by atoms with Crippen LogP contribution in [0.1, 0.15) is 90.4 Å². The number of aliphatic carboxylic acids is 1. The van der Waals surface area contributed by atoms with Gasteiger partial charge < -0.3 is 15.3 Å². The monoisotopic (exact) mass is 316 g/mol. The minimum absolute atomic E-state index is 0.179. The molecule has 0 aliphatic carbocycles. The van der Waals surface area contributed by atoms with Crippen molar-refractivity contribution in [3.05, 3.63) is 0 Å². The minimum atomic E-state index is -0.717. The molecule has 22 heavy (non-hydrogen) atoms. The lowest BCUT2D eigenvalue weighted by Gasteiger charge is -2.15. The maximum atomic E-state index is 10.4. The molecule has 4 heteroatoms. The van der Waals surface area contributed by atoms with E-state index in [9.17, 15) is 15.0 Å². The topological polar surface area (TPSA) is 77.8 Å². The predicted molar refractivity (Wildman–Crippen MR) is 89.9 cm³/mol. The van der Waals surface area contributed by atoms with E-state index < -0.39 is 5.97 Å². The van der Waals surface area contributed by atoms with Crippen LogP contribution >= 0.6 is 0 Å². The van der Waals surface area contributed by atoms with Crippen LogP contribution in [0, 0.1) is 5.92 Å². The molecule has 0 spiro atoms. The third-order valence-corrected chi connectivity index (χ3v) is 4.30. The molecule has 0 aromatic rings. The molecule has 0 aliphatic rings. The van der Waals surface area contributed by atoms with E-state index >= 15 is 0 Å². The van der Waals surface area contributed by atoms with E-state index in [1.807, 2.05) is 0 Å². The van der Waals surface area contributed by atoms with Crippen LogP contribution in [0.15, 0.2) is 0 Å². The van der Waals surface area contributed by atoms with Gasteiger partial charge in [-0.2, -0.15) is 0 Å². The maximum absolute atomic E-state index is 10.4. The van der Waals surface area contributed by atoms with Crippen LogP contribution in [-0.2, 0) is 4.79 Å². The van der Waals surface area contributed by atoms with E-state index in [0.717, 1.165) is 64.2 Å². The van der Waals surface area contributed by atoms with E-state index in [-0.39, 0.29) is 19.1 Å². The predicted octanol–water partition coefficient (Wildman–Crippen LogP) is 4.13. The lowest BCUT2D eigenvalue weighted by atomic mass is 9.94. The molecule has 0 heterocycles. The van der Waals surface area contributed by atoms with E-state index in [1.165, 1.54) is 12.8 Å². The standard InChI is InChI=1S/C18H36O4/c1-2-3-6-12-17(20)13-9-11-16(15-19)10-7-4-5-8-14-18(21)22/h16-17,19-20H,2-15H2,1H3,(H,21,22)/t16-,17-/m0/s1. The highest BCUT2D eigenvalue weighted by Gasteiger charge is 2.09. The summed E-state index contributed by atoms with van der Waals surface area (Å²) in [6.07, 6.45) is 12.1. The van der Waals surface area contributed by atoms with Gasteiger partial charge >= 0.3 is 5.97 Å². The second-order valence-electron chi connectivity index (χ2n) is 6.48. The van der Waals surface area contributed by atoms with Gasteiger partial charge in [0.05, 0.1) is 6.10 Å². The van der Waals surface area contributed by atoms with Gasteiger partial charge in [0, 0.05) is 13.0 Å². The van der Waals surface area contributed by atoms with Crippen molar-refractivity contribution >= 4 is 5.97 Å². The number of carboxylic acids is 1. The number of rotatable bonds is 16. The van der Waals surface area contributed by atoms with Gasteiger partial charge in [-0.25, -0.2) is 0 Å². The highest BCUT2D eigenvalue weighted by molar-refractivity contribution is 5.66. The van der Waals surface area contributed by atoms with Crippen molar-refractivity contribution in [2.45, 2.75) is 96.5 Å². The molecule has 0 aromatic heterocycles. The molecule has 0 aliphatic heterocycles. The van der Waals surface area contributed by atoms with Gasteiger partial charge in [0.25, 0.3) is 0 Å². The third-order valence-electron chi connectivity index (χ3n) is 4.30. The van der Waals surface area contributed by atoms with Crippen molar-refractivity contribution in [1.82, 2.24) is 0 Å². The van der Waals surface area contributed by atoms with Gasteiger partial charge in [0.2, 0.25) is 0 Å². The number of carboxylic acid groups (broad SMARTS) is 1. The Balaban J connectivity index is 3.51. The van der Waals surface area contributed by atoms with Crippen molar-refractivity contribution in [2.75, 3.05) is 6.61 Å². The second-order valence-corrected chi connectivity index (χ2v) is 6.48. The summed E-state index contributed by atoms with van der Waals surface area (Å²) in [5.41, 5.74) is 0. The van der Waals surface area contributed by atoms with Gasteiger partial charge in [-0.05, 0) is 38.0 Å². The summed E-state index contributed by atoms with van der Waals surface area (Å²) >= 11 is 0. The van der Waals surface area contributed by atoms with E-state index in [0.29, 0.717) is 5.92 Å². The average molecular weight is 316 g/mol. The Kier molecular flexibility index (Phi) is 14.9. The Hall–Kier alpha value is -0.610. The Morgan fingerprint density at radius 1 is 0.864 bits per heavy atom. The lowest BCUT2D eigenvalue weighted by molar-refractivity contribution is -0.137. The summed E-state index contributed by atoms with van der Waals surface area (Å²) in [7, 11) is 0. The van der Waals surface area contributed by atoms with Gasteiger partial charge in [-0.15, -0.1) is 0 Å². The fourth-order valence-electron chi connectivity index (χ4n) is 2.81. The molecule has 132 valence electrons. The Morgan fingerprint density at radius 3 is 2.09 bits per heavy atom. The number of hydrogen-bond donors (Lipinski definition) is 3. The van der Waals surface area contributed by atoms with Crippen molar-refractivity contribution in [3.8, 4) is 0 Å². The van der Waals surface area contributed by atoms with Crippen LogP contribution in [0.4, 0.5) is 0 Å². The molecule has 0 bridgehead atoms. The quantitative estimate of drug-likeness (QED) is 0.374. The number of unbranched alkanes of at least 4 members (excludes halogenated alkanes) is 5. The molecule has 4 nitrogen and oxygen atoms in total. The largest absolute Gasteiger partial charge is 0.481 e. The molecule has 2 atom stereocenters. The molecule has 0 unspecified atom stereocenters. The number of carbonyl (C=O) groups is 1. The van der Waals surface area contributed by atoms with Gasteiger partial charge in [-0.1, -0.05) is 51.9 Å². The molecule has 3 N–H and O–H groups in total. The molecule has 0 saturated heterocycles. The minimum Gasteiger partial charge on any atom is -0.481 e. The highest BCUT2D eigenvalue weighted by atomic mass is 16.4. The Morgan fingerprint density at radius 2 is 1.45 bits per heavy atom. The second kappa shape index (κ2) is 15.3. The first kappa shape index (κ1) is 21.4. The van der Waals surface area contributed by atoms with Crippen LogP contribution in [0.25, 0.3) is 0 Å². The summed E-state index contributed by atoms with van der Waals surface area (Å²) in [6.45, 7) is 2.39. The van der Waals surface area contributed by atoms with Crippen LogP contribution in [0.5, 0.6) is 0 Å². The third kappa shape index (κ3) is 14.3. The van der Waals surface area contributed by atoms with Gasteiger partial charge in [0.1, 0.15) is 0 Å². The Labute approximate surface area is 135 Å². The zero-order valence-electron chi connectivity index (χ0n) is 14.3. The van der Waals surface area contributed by atoms with Crippen LogP contribution in [0.2, 0.25) is 0 Å². The Bertz CT molecular complexity index is 255. The van der Waals surface area contributed by atoms with Crippen molar-refractivity contribution < 1.29 is 20.1 Å². The van der Waals surface area contributed by atoms with E-state index in [2.05, 4.69) is 6.92 Å². The zero-order valence-corrected chi connectivity index (χ0v) is 14.3. The number of aliphatic hydroxyl groups is 2. The van der Waals surface area contributed by atoms with Crippen LogP contribution in [-0.4, -0.2) is 34.0 Å². The molecule has 0 fully saturated rings. The molecular weight excluding hydrogens is 280 g/mol. The number of hydrogen-bond acceptors (Lipinski definition) is 3. The first-order valence-corrected chi connectivity index (χ1v) is 9.10. The fourth-order valence-corrected chi connectivity index (χ4v) is 2.81. The first-order valence-electron chi connectivity index (χ1n) is 9.10. The smallest absolute Gasteiger partial charge is 0.303 e. The number of aliphatic hydroxyl groups excluding tert-OH is 2. The molecule has 0 aromatic carbocycles.